The molecule has 0 spiro atoms. The van der Waals surface area contributed by atoms with E-state index in [1.807, 2.05) is 6.07 Å². The second kappa shape index (κ2) is 4.00. The van der Waals surface area contributed by atoms with Crippen LogP contribution in [0.3, 0.4) is 0 Å². The van der Waals surface area contributed by atoms with Crippen molar-refractivity contribution in [3.05, 3.63) is 34.3 Å². The van der Waals surface area contributed by atoms with Crippen molar-refractivity contribution in [2.45, 2.75) is 0 Å². The lowest BCUT2D eigenvalue weighted by molar-refractivity contribution is -0.121. The van der Waals surface area contributed by atoms with Crippen molar-refractivity contribution in [1.29, 1.82) is 10.5 Å². The van der Waals surface area contributed by atoms with Gasteiger partial charge in [0.2, 0.25) is 0 Å². The molecule has 2 N–H and O–H groups in total. The van der Waals surface area contributed by atoms with Gasteiger partial charge in [0.15, 0.2) is 16.6 Å². The first kappa shape index (κ1) is 13.5. The van der Waals surface area contributed by atoms with Gasteiger partial charge in [0.1, 0.15) is 5.84 Å². The van der Waals surface area contributed by atoms with Crippen LogP contribution in [0.4, 0.5) is 0 Å². The Balaban J connectivity index is 2.10. The zero-order valence-corrected chi connectivity index (χ0v) is 12.1. The molecule has 1 fully saturated rings. The lowest BCUT2D eigenvalue weighted by Crippen LogP contribution is -2.27. The fourth-order valence-corrected chi connectivity index (χ4v) is 3.25. The Kier molecular flexibility index (Phi) is 2.56. The predicted octanol–water partition coefficient (Wildman–Crippen LogP) is 1.18. The average molecular weight is 343 g/mol. The molecule has 1 saturated carbocycles. The Morgan fingerprint density at radius 2 is 1.81 bits per heavy atom. The smallest absolute Gasteiger partial charge is 0.270 e. The molecular weight excluding hydrogens is 336 g/mol. The maximum atomic E-state index is 12.6. The Hall–Kier alpha value is -2.51. The summed E-state index contributed by atoms with van der Waals surface area (Å²) in [6.07, 6.45) is 0. The Labute approximate surface area is 128 Å². The van der Waals surface area contributed by atoms with E-state index >= 15 is 0 Å². The number of hydrogen-bond donors (Lipinski definition) is 1. The van der Waals surface area contributed by atoms with Crippen LogP contribution >= 0.6 is 15.9 Å². The van der Waals surface area contributed by atoms with Crippen LogP contribution in [0, 0.1) is 39.4 Å². The third-order valence-electron chi connectivity index (χ3n) is 4.11. The topological polar surface area (TPSA) is 120 Å². The highest BCUT2D eigenvalue weighted by Gasteiger charge is 2.90. The van der Waals surface area contributed by atoms with Crippen molar-refractivity contribution in [2.24, 2.45) is 27.5 Å². The zero-order valence-electron chi connectivity index (χ0n) is 10.5. The molecule has 3 atom stereocenters. The van der Waals surface area contributed by atoms with Crippen molar-refractivity contribution in [1.82, 2.24) is 0 Å². The summed E-state index contributed by atoms with van der Waals surface area (Å²) in [5.74, 6) is -2.59. The molecule has 21 heavy (non-hydrogen) atoms. The fraction of sp³-hybridized carbons (Fsp3) is 0.214. The first-order chi connectivity index (χ1) is 9.95. The zero-order chi connectivity index (χ0) is 15.4. The third-order valence-corrected chi connectivity index (χ3v) is 4.64. The molecule has 0 radical (unpaired) electrons. The number of carbonyl (C=O) groups excluding carboxylic acids is 2. The summed E-state index contributed by atoms with van der Waals surface area (Å²) in [5, 5.41) is 18.7. The molecule has 0 unspecified atom stereocenters. The lowest BCUT2D eigenvalue weighted by Gasteiger charge is -2.05. The van der Waals surface area contributed by atoms with E-state index in [0.29, 0.717) is 5.56 Å². The Bertz CT molecular complexity index is 802. The monoisotopic (exact) mass is 342 g/mol. The molecular formula is C14H7BrN4O2. The first-order valence-corrected chi connectivity index (χ1v) is 6.76. The van der Waals surface area contributed by atoms with Crippen molar-refractivity contribution < 1.29 is 9.59 Å². The highest BCUT2D eigenvalue weighted by Crippen LogP contribution is 2.72. The predicted molar refractivity (Wildman–Crippen MR) is 74.7 cm³/mol. The summed E-state index contributed by atoms with van der Waals surface area (Å²) in [4.78, 5) is 28.0. The Morgan fingerprint density at radius 3 is 2.29 bits per heavy atom. The summed E-state index contributed by atoms with van der Waals surface area (Å²) < 4.78 is 0.789. The van der Waals surface area contributed by atoms with E-state index < -0.39 is 28.4 Å². The van der Waals surface area contributed by atoms with Gasteiger partial charge in [-0.15, -0.1) is 0 Å². The van der Waals surface area contributed by atoms with E-state index in [0.717, 1.165) is 4.47 Å². The number of nitrogens with two attached hydrogens (primary N) is 1. The average Bonchev–Trinajstić information content (AvgIpc) is 3.05. The van der Waals surface area contributed by atoms with Gasteiger partial charge in [-0.25, -0.2) is 0 Å². The molecule has 7 heteroatoms. The number of Topliss-reactive ketones (excluding diaryl/α,β-unsaturated/α-hetero) is 1. The molecule has 1 aliphatic carbocycles. The number of hydrogen-bond acceptors (Lipinski definition) is 5. The minimum absolute atomic E-state index is 0.244. The van der Waals surface area contributed by atoms with Crippen molar-refractivity contribution in [3.8, 4) is 12.1 Å². The normalized spacial score (nSPS) is 32.6. The maximum absolute atomic E-state index is 12.6. The molecule has 1 heterocycles. The van der Waals surface area contributed by atoms with Crippen molar-refractivity contribution in [2.75, 3.05) is 0 Å². The quantitative estimate of drug-likeness (QED) is 0.809. The summed E-state index contributed by atoms with van der Waals surface area (Å²) >= 11 is 3.25. The van der Waals surface area contributed by atoms with Gasteiger partial charge < -0.3 is 5.73 Å². The van der Waals surface area contributed by atoms with E-state index in [-0.39, 0.29) is 5.84 Å². The van der Waals surface area contributed by atoms with E-state index in [9.17, 15) is 20.1 Å². The van der Waals surface area contributed by atoms with Crippen molar-refractivity contribution >= 4 is 33.5 Å². The van der Waals surface area contributed by atoms with E-state index in [2.05, 4.69) is 20.9 Å². The number of halogens is 1. The minimum Gasteiger partial charge on any atom is -0.386 e. The molecule has 1 aromatic rings. The number of nitrogens with zero attached hydrogens (tertiary/aromatic N) is 3. The van der Waals surface area contributed by atoms with Gasteiger partial charge >= 0.3 is 0 Å². The van der Waals surface area contributed by atoms with Gasteiger partial charge in [-0.3, -0.25) is 9.59 Å². The van der Waals surface area contributed by atoms with Crippen LogP contribution < -0.4 is 5.73 Å². The molecule has 0 bridgehead atoms. The number of aliphatic imine (C=N–C) groups is 1. The van der Waals surface area contributed by atoms with Crippen LogP contribution in [0.15, 0.2) is 33.7 Å². The van der Waals surface area contributed by atoms with Crippen LogP contribution in [-0.2, 0) is 4.79 Å². The molecule has 0 saturated heterocycles. The van der Waals surface area contributed by atoms with Crippen LogP contribution in [0.5, 0.6) is 0 Å². The number of benzene rings is 1. The standard InChI is InChI=1S/C14H7BrN4O2/c15-8-3-1-7(2-4-8)9(20)10-13(5-16)11(18)19-12(21)14(10,13)6-17/h1-4,10H,(H2,18,19,21)/t10-,13-,14+/m1/s1. The molecule has 3 rings (SSSR count). The SMILES string of the molecule is N#C[C@@]12C(N)=NC(=O)[C@]1(C#N)[C@@H]2C(=O)c1ccc(Br)cc1. The minimum atomic E-state index is -1.77. The molecule has 1 aliphatic heterocycles. The molecule has 6 nitrogen and oxygen atoms in total. The molecule has 0 aromatic heterocycles. The van der Waals surface area contributed by atoms with Gasteiger partial charge in [-0.1, -0.05) is 28.1 Å². The summed E-state index contributed by atoms with van der Waals surface area (Å²) in [6, 6.07) is 10.1. The molecule has 1 amide bonds. The number of carbonyl (C=O) groups is 2. The second-order valence-corrected chi connectivity index (χ2v) is 5.86. The van der Waals surface area contributed by atoms with Gasteiger partial charge in [0, 0.05) is 10.0 Å². The molecule has 2 aliphatic rings. The number of amides is 1. The summed E-state index contributed by atoms with van der Waals surface area (Å²) in [7, 11) is 0. The van der Waals surface area contributed by atoms with E-state index in [1.165, 1.54) is 0 Å². The number of rotatable bonds is 2. The fourth-order valence-electron chi connectivity index (χ4n) is 2.99. The van der Waals surface area contributed by atoms with Crippen LogP contribution in [-0.4, -0.2) is 17.5 Å². The largest absolute Gasteiger partial charge is 0.386 e. The van der Waals surface area contributed by atoms with Crippen LogP contribution in [0.25, 0.3) is 0 Å². The van der Waals surface area contributed by atoms with Crippen LogP contribution in [0.1, 0.15) is 10.4 Å². The second-order valence-electron chi connectivity index (χ2n) is 4.95. The number of amidine groups is 1. The van der Waals surface area contributed by atoms with E-state index in [4.69, 9.17) is 5.73 Å². The number of nitriles is 2. The van der Waals surface area contributed by atoms with E-state index in [1.54, 1.807) is 30.3 Å². The van der Waals surface area contributed by atoms with Crippen molar-refractivity contribution in [3.63, 3.8) is 0 Å². The third kappa shape index (κ3) is 1.32. The maximum Gasteiger partial charge on any atom is 0.270 e. The summed E-state index contributed by atoms with van der Waals surface area (Å²) in [5.41, 5.74) is 2.57. The highest BCUT2D eigenvalue weighted by molar-refractivity contribution is 9.10. The van der Waals surface area contributed by atoms with Crippen LogP contribution in [0.2, 0.25) is 0 Å². The number of ketones is 1. The lowest BCUT2D eigenvalue weighted by atomic mass is 9.97. The Morgan fingerprint density at radius 1 is 1.24 bits per heavy atom. The first-order valence-electron chi connectivity index (χ1n) is 5.97. The number of fused-ring (bicyclic) bond motifs is 1. The van der Waals surface area contributed by atoms with Gasteiger partial charge in [-0.05, 0) is 12.1 Å². The van der Waals surface area contributed by atoms with Gasteiger partial charge in [-0.2, -0.15) is 15.5 Å². The summed E-state index contributed by atoms with van der Waals surface area (Å²) in [6.45, 7) is 0. The van der Waals surface area contributed by atoms with Gasteiger partial charge in [0.05, 0.1) is 18.1 Å². The molecule has 1 aromatic carbocycles. The van der Waals surface area contributed by atoms with Gasteiger partial charge in [0.25, 0.3) is 5.91 Å². The highest BCUT2D eigenvalue weighted by atomic mass is 79.9. The molecule has 102 valence electrons.